The summed E-state index contributed by atoms with van der Waals surface area (Å²) in [7, 11) is 0. The smallest absolute Gasteiger partial charge is 0.134 e. The van der Waals surface area contributed by atoms with Crippen molar-refractivity contribution in [2.24, 2.45) is 0 Å². The Balaban J connectivity index is 2.31. The van der Waals surface area contributed by atoms with E-state index in [1.165, 1.54) is 25.1 Å². The maximum absolute atomic E-state index is 14.2. The van der Waals surface area contributed by atoms with Crippen LogP contribution >= 0.6 is 0 Å². The monoisotopic (exact) mass is 293 g/mol. The van der Waals surface area contributed by atoms with Gasteiger partial charge in [-0.2, -0.15) is 0 Å². The summed E-state index contributed by atoms with van der Waals surface area (Å²) in [4.78, 5) is 0. The molecular weight excluding hydrogens is 275 g/mol. The van der Waals surface area contributed by atoms with Crippen molar-refractivity contribution in [3.63, 3.8) is 0 Å². The van der Waals surface area contributed by atoms with Crippen LogP contribution in [0.4, 0.5) is 13.2 Å². The normalized spacial score (nSPS) is 10.9. The summed E-state index contributed by atoms with van der Waals surface area (Å²) in [5, 5.41) is 3.18. The highest BCUT2D eigenvalue weighted by molar-refractivity contribution is 5.66. The lowest BCUT2D eigenvalue weighted by molar-refractivity contribution is 0.577. The predicted molar refractivity (Wildman–Crippen MR) is 78.5 cm³/mol. The van der Waals surface area contributed by atoms with E-state index in [9.17, 15) is 13.2 Å². The summed E-state index contributed by atoms with van der Waals surface area (Å²) in [6.07, 6.45) is 1.00. The van der Waals surface area contributed by atoms with Crippen molar-refractivity contribution >= 4 is 0 Å². The van der Waals surface area contributed by atoms with E-state index in [2.05, 4.69) is 12.2 Å². The number of nitrogens with one attached hydrogen (secondary N) is 1. The molecule has 0 bridgehead atoms. The lowest BCUT2D eigenvalue weighted by Gasteiger charge is -2.09. The molecule has 0 aliphatic heterocycles. The van der Waals surface area contributed by atoms with Gasteiger partial charge < -0.3 is 5.32 Å². The van der Waals surface area contributed by atoms with Gasteiger partial charge >= 0.3 is 0 Å². The Morgan fingerprint density at radius 3 is 2.29 bits per heavy atom. The highest BCUT2D eigenvalue weighted by Crippen LogP contribution is 2.28. The molecule has 112 valence electrons. The first-order chi connectivity index (χ1) is 10.0. The van der Waals surface area contributed by atoms with Gasteiger partial charge in [0, 0.05) is 23.7 Å². The second-order valence-electron chi connectivity index (χ2n) is 5.07. The third-order valence-electron chi connectivity index (χ3n) is 3.33. The average Bonchev–Trinajstić information content (AvgIpc) is 2.44. The number of halogens is 3. The van der Waals surface area contributed by atoms with Crippen LogP contribution in [0.5, 0.6) is 0 Å². The van der Waals surface area contributed by atoms with E-state index in [1.54, 1.807) is 6.07 Å². The van der Waals surface area contributed by atoms with E-state index in [0.717, 1.165) is 24.6 Å². The quantitative estimate of drug-likeness (QED) is 0.796. The lowest BCUT2D eigenvalue weighted by atomic mass is 10.0. The minimum absolute atomic E-state index is 0.0828. The molecule has 0 amide bonds. The number of aryl methyl sites for hydroxylation is 1. The zero-order chi connectivity index (χ0) is 15.4. The summed E-state index contributed by atoms with van der Waals surface area (Å²) >= 11 is 0. The van der Waals surface area contributed by atoms with Gasteiger partial charge in [0.15, 0.2) is 0 Å². The topological polar surface area (TPSA) is 12.0 Å². The van der Waals surface area contributed by atoms with Gasteiger partial charge in [-0.1, -0.05) is 19.1 Å². The van der Waals surface area contributed by atoms with Crippen LogP contribution in [0, 0.1) is 24.4 Å². The van der Waals surface area contributed by atoms with Crippen LogP contribution in [0.2, 0.25) is 0 Å². The Morgan fingerprint density at radius 1 is 0.905 bits per heavy atom. The number of hydrogen-bond donors (Lipinski definition) is 1. The molecule has 0 radical (unpaired) electrons. The van der Waals surface area contributed by atoms with Crippen molar-refractivity contribution in [3.05, 3.63) is 58.9 Å². The number of rotatable bonds is 5. The Kier molecular flexibility index (Phi) is 5.02. The maximum atomic E-state index is 14.2. The molecular formula is C17H18F3N. The molecule has 21 heavy (non-hydrogen) atoms. The molecule has 0 aromatic heterocycles. The van der Waals surface area contributed by atoms with E-state index >= 15 is 0 Å². The van der Waals surface area contributed by atoms with Gasteiger partial charge in [0.1, 0.15) is 17.5 Å². The van der Waals surface area contributed by atoms with E-state index in [1.807, 2.05) is 0 Å². The molecule has 4 heteroatoms. The van der Waals surface area contributed by atoms with Gasteiger partial charge in [-0.3, -0.25) is 0 Å². The maximum Gasteiger partial charge on any atom is 0.134 e. The van der Waals surface area contributed by atoms with Gasteiger partial charge in [0.05, 0.1) is 0 Å². The molecule has 0 aliphatic carbocycles. The van der Waals surface area contributed by atoms with Crippen LogP contribution in [0.15, 0.2) is 30.3 Å². The van der Waals surface area contributed by atoms with Crippen LogP contribution in [0.3, 0.4) is 0 Å². The van der Waals surface area contributed by atoms with Gasteiger partial charge in [-0.15, -0.1) is 0 Å². The highest BCUT2D eigenvalue weighted by atomic mass is 19.1. The molecule has 0 fully saturated rings. The Hall–Kier alpha value is -1.81. The third-order valence-corrected chi connectivity index (χ3v) is 3.33. The largest absolute Gasteiger partial charge is 0.313 e. The van der Waals surface area contributed by atoms with Crippen molar-refractivity contribution in [2.45, 2.75) is 26.8 Å². The van der Waals surface area contributed by atoms with Gasteiger partial charge in [-0.05, 0) is 43.1 Å². The third kappa shape index (κ3) is 3.64. The second-order valence-corrected chi connectivity index (χ2v) is 5.07. The van der Waals surface area contributed by atoms with E-state index in [0.29, 0.717) is 12.1 Å². The second kappa shape index (κ2) is 6.76. The summed E-state index contributed by atoms with van der Waals surface area (Å²) < 4.78 is 41.3. The zero-order valence-electron chi connectivity index (χ0n) is 12.1. The lowest BCUT2D eigenvalue weighted by Crippen LogP contribution is -2.13. The summed E-state index contributed by atoms with van der Waals surface area (Å²) in [5.41, 5.74) is 1.32. The zero-order valence-corrected chi connectivity index (χ0v) is 12.1. The molecule has 1 nitrogen and oxygen atoms in total. The minimum Gasteiger partial charge on any atom is -0.313 e. The minimum atomic E-state index is -0.756. The Bertz CT molecular complexity index is 638. The summed E-state index contributed by atoms with van der Waals surface area (Å²) in [6, 6.07) is 6.79. The molecule has 0 spiro atoms. The molecule has 2 aromatic carbocycles. The Morgan fingerprint density at radius 2 is 1.62 bits per heavy atom. The first kappa shape index (κ1) is 15.6. The van der Waals surface area contributed by atoms with E-state index in [-0.39, 0.29) is 11.1 Å². The molecule has 0 atom stereocenters. The summed E-state index contributed by atoms with van der Waals surface area (Å²) in [6.45, 7) is 5.00. The van der Waals surface area contributed by atoms with Gasteiger partial charge in [-0.25, -0.2) is 13.2 Å². The first-order valence-corrected chi connectivity index (χ1v) is 6.98. The fourth-order valence-corrected chi connectivity index (χ4v) is 2.16. The molecule has 0 aliphatic rings. The van der Waals surface area contributed by atoms with Crippen LogP contribution < -0.4 is 5.32 Å². The molecule has 0 unspecified atom stereocenters. The van der Waals surface area contributed by atoms with Crippen LogP contribution in [-0.2, 0) is 6.54 Å². The van der Waals surface area contributed by atoms with Gasteiger partial charge in [0.25, 0.3) is 0 Å². The highest BCUT2D eigenvalue weighted by Gasteiger charge is 2.13. The van der Waals surface area contributed by atoms with Crippen molar-refractivity contribution < 1.29 is 13.2 Å². The van der Waals surface area contributed by atoms with Crippen LogP contribution in [0.25, 0.3) is 11.1 Å². The predicted octanol–water partition coefficient (Wildman–Crippen LogP) is 4.58. The molecule has 0 heterocycles. The fraction of sp³-hybridized carbons (Fsp3) is 0.294. The van der Waals surface area contributed by atoms with Crippen LogP contribution in [-0.4, -0.2) is 6.54 Å². The van der Waals surface area contributed by atoms with Gasteiger partial charge in [0.2, 0.25) is 0 Å². The van der Waals surface area contributed by atoms with Crippen molar-refractivity contribution in [1.29, 1.82) is 0 Å². The number of benzene rings is 2. The molecule has 1 N–H and O–H groups in total. The van der Waals surface area contributed by atoms with Crippen molar-refractivity contribution in [3.8, 4) is 11.1 Å². The van der Waals surface area contributed by atoms with Crippen molar-refractivity contribution in [2.75, 3.05) is 6.54 Å². The Labute approximate surface area is 122 Å². The van der Waals surface area contributed by atoms with Crippen LogP contribution in [0.1, 0.15) is 24.5 Å². The van der Waals surface area contributed by atoms with E-state index in [4.69, 9.17) is 0 Å². The molecule has 2 rings (SSSR count). The van der Waals surface area contributed by atoms with Crippen molar-refractivity contribution in [1.82, 2.24) is 5.32 Å². The first-order valence-electron chi connectivity index (χ1n) is 6.98. The average molecular weight is 293 g/mol. The van der Waals surface area contributed by atoms with E-state index < -0.39 is 17.5 Å². The standard InChI is InChI=1S/C17H18F3N/c1-3-6-21-10-12-4-5-13(16(19)8-12)14-7-11(2)15(18)9-17(14)20/h4-5,7-9,21H,3,6,10H2,1-2H3. The summed E-state index contributed by atoms with van der Waals surface area (Å²) in [5.74, 6) is -1.89. The molecule has 2 aromatic rings. The molecule has 0 saturated carbocycles. The number of hydrogen-bond acceptors (Lipinski definition) is 1. The SMILES string of the molecule is CCCNCc1ccc(-c2cc(C)c(F)cc2F)c(F)c1. The molecule has 0 saturated heterocycles. The fourth-order valence-electron chi connectivity index (χ4n) is 2.16.